The van der Waals surface area contributed by atoms with Gasteiger partial charge in [0.25, 0.3) is 5.91 Å². The summed E-state index contributed by atoms with van der Waals surface area (Å²) in [5, 5.41) is 6.01. The Labute approximate surface area is 213 Å². The second kappa shape index (κ2) is 11.5. The number of benzene rings is 2. The van der Waals surface area contributed by atoms with Crippen molar-refractivity contribution in [2.24, 2.45) is 5.41 Å². The normalized spacial score (nSPS) is 14.8. The van der Waals surface area contributed by atoms with E-state index in [1.807, 2.05) is 69.9 Å². The molecule has 1 aliphatic rings. The molecule has 0 aliphatic carbocycles. The molecular weight excluding hydrogens is 460 g/mol. The van der Waals surface area contributed by atoms with Crippen LogP contribution in [0, 0.1) is 5.41 Å². The van der Waals surface area contributed by atoms with E-state index in [0.29, 0.717) is 11.3 Å². The molecular formula is C27H36N4O3S. The molecule has 2 amide bonds. The molecule has 0 unspecified atom stereocenters. The molecule has 2 N–H and O–H groups in total. The van der Waals surface area contributed by atoms with Crippen LogP contribution >= 0.6 is 12.2 Å². The van der Waals surface area contributed by atoms with Gasteiger partial charge in [0.15, 0.2) is 5.11 Å². The molecule has 0 radical (unpaired) electrons. The average molecular weight is 497 g/mol. The van der Waals surface area contributed by atoms with Gasteiger partial charge in [0.2, 0.25) is 5.91 Å². The number of carbonyl (C=O) groups excluding carboxylic acids is 2. The molecule has 3 rings (SSSR count). The summed E-state index contributed by atoms with van der Waals surface area (Å²) in [4.78, 5) is 29.3. The zero-order chi connectivity index (χ0) is 25.6. The van der Waals surface area contributed by atoms with Gasteiger partial charge >= 0.3 is 0 Å². The molecule has 7 nitrogen and oxygen atoms in total. The first-order valence-electron chi connectivity index (χ1n) is 12.1. The van der Waals surface area contributed by atoms with Crippen LogP contribution in [-0.4, -0.2) is 54.1 Å². The molecule has 2 aromatic rings. The molecule has 0 bridgehead atoms. The summed E-state index contributed by atoms with van der Waals surface area (Å²) in [7, 11) is 0. The minimum absolute atomic E-state index is 0.0777. The SMILES string of the molecule is CC[C@H](C)Oc1cccc(C(=O)NC(=S)Nc2ccc(N3CCN(C(=O)C(C)(C)C)CC3)cc2)c1. The van der Waals surface area contributed by atoms with Crippen LogP contribution in [-0.2, 0) is 4.79 Å². The Morgan fingerprint density at radius 2 is 1.71 bits per heavy atom. The first kappa shape index (κ1) is 26.5. The number of anilines is 2. The molecule has 0 saturated carbocycles. The number of rotatable bonds is 6. The molecule has 0 aromatic heterocycles. The zero-order valence-corrected chi connectivity index (χ0v) is 22.1. The number of amides is 2. The highest BCUT2D eigenvalue weighted by atomic mass is 32.1. The number of nitrogens with zero attached hydrogens (tertiary/aromatic N) is 2. The maximum atomic E-state index is 12.6. The van der Waals surface area contributed by atoms with Gasteiger partial charge in [0, 0.05) is 48.5 Å². The summed E-state index contributed by atoms with van der Waals surface area (Å²) >= 11 is 5.34. The fraction of sp³-hybridized carbons (Fsp3) is 0.444. The van der Waals surface area contributed by atoms with E-state index in [2.05, 4.69) is 15.5 Å². The van der Waals surface area contributed by atoms with Gasteiger partial charge in [-0.1, -0.05) is 33.8 Å². The maximum absolute atomic E-state index is 12.6. The quantitative estimate of drug-likeness (QED) is 0.566. The zero-order valence-electron chi connectivity index (χ0n) is 21.3. The van der Waals surface area contributed by atoms with Crippen molar-refractivity contribution >= 4 is 40.5 Å². The third-order valence-corrected chi connectivity index (χ3v) is 6.14. The fourth-order valence-corrected chi connectivity index (χ4v) is 3.97. The van der Waals surface area contributed by atoms with Crippen LogP contribution in [0.2, 0.25) is 0 Å². The van der Waals surface area contributed by atoms with Crippen LogP contribution in [0.3, 0.4) is 0 Å². The Kier molecular flexibility index (Phi) is 8.72. The predicted octanol–water partition coefficient (Wildman–Crippen LogP) is 4.69. The first-order chi connectivity index (χ1) is 16.6. The van der Waals surface area contributed by atoms with Gasteiger partial charge in [0.1, 0.15) is 5.75 Å². The summed E-state index contributed by atoms with van der Waals surface area (Å²) in [6, 6.07) is 15.0. The van der Waals surface area contributed by atoms with Gasteiger partial charge < -0.3 is 19.9 Å². The predicted molar refractivity (Wildman–Crippen MR) is 145 cm³/mol. The highest BCUT2D eigenvalue weighted by Gasteiger charge is 2.29. The van der Waals surface area contributed by atoms with Crippen molar-refractivity contribution in [3.63, 3.8) is 0 Å². The number of hydrogen-bond donors (Lipinski definition) is 2. The topological polar surface area (TPSA) is 73.9 Å². The van der Waals surface area contributed by atoms with Crippen molar-refractivity contribution in [3.05, 3.63) is 54.1 Å². The highest BCUT2D eigenvalue weighted by molar-refractivity contribution is 7.80. The van der Waals surface area contributed by atoms with Crippen molar-refractivity contribution in [1.82, 2.24) is 10.2 Å². The lowest BCUT2D eigenvalue weighted by atomic mass is 9.94. The van der Waals surface area contributed by atoms with E-state index in [4.69, 9.17) is 17.0 Å². The number of nitrogens with one attached hydrogen (secondary N) is 2. The Morgan fingerprint density at radius 3 is 2.31 bits per heavy atom. The lowest BCUT2D eigenvalue weighted by Crippen LogP contribution is -2.51. The molecule has 0 spiro atoms. The first-order valence-corrected chi connectivity index (χ1v) is 12.5. The fourth-order valence-electron chi connectivity index (χ4n) is 3.76. The van der Waals surface area contributed by atoms with E-state index in [-0.39, 0.29) is 28.4 Å². The molecule has 1 heterocycles. The number of carbonyl (C=O) groups is 2. The van der Waals surface area contributed by atoms with Gasteiger partial charge in [-0.05, 0) is 68.0 Å². The van der Waals surface area contributed by atoms with E-state index < -0.39 is 0 Å². The van der Waals surface area contributed by atoms with Crippen molar-refractivity contribution in [1.29, 1.82) is 0 Å². The molecule has 1 atom stereocenters. The molecule has 1 saturated heterocycles. The summed E-state index contributed by atoms with van der Waals surface area (Å²) in [5.74, 6) is 0.559. The van der Waals surface area contributed by atoms with Crippen LogP contribution in [0.5, 0.6) is 5.75 Å². The molecule has 2 aromatic carbocycles. The van der Waals surface area contributed by atoms with Crippen molar-refractivity contribution < 1.29 is 14.3 Å². The second-order valence-electron chi connectivity index (χ2n) is 9.85. The number of piperazine rings is 1. The Balaban J connectivity index is 1.51. The van der Waals surface area contributed by atoms with Crippen LogP contribution in [0.25, 0.3) is 0 Å². The van der Waals surface area contributed by atoms with E-state index in [0.717, 1.165) is 44.0 Å². The van der Waals surface area contributed by atoms with Crippen LogP contribution in [0.15, 0.2) is 48.5 Å². The third kappa shape index (κ3) is 7.42. The smallest absolute Gasteiger partial charge is 0.257 e. The second-order valence-corrected chi connectivity index (χ2v) is 10.3. The summed E-state index contributed by atoms with van der Waals surface area (Å²) in [5.41, 5.74) is 2.00. The minimum Gasteiger partial charge on any atom is -0.491 e. The van der Waals surface area contributed by atoms with E-state index in [1.54, 1.807) is 18.2 Å². The maximum Gasteiger partial charge on any atom is 0.257 e. The highest BCUT2D eigenvalue weighted by Crippen LogP contribution is 2.23. The Bertz CT molecular complexity index is 1040. The number of ether oxygens (including phenoxy) is 1. The summed E-state index contributed by atoms with van der Waals surface area (Å²) in [6.07, 6.45) is 0.963. The van der Waals surface area contributed by atoms with Gasteiger partial charge in [-0.25, -0.2) is 0 Å². The van der Waals surface area contributed by atoms with Crippen molar-refractivity contribution in [2.75, 3.05) is 36.4 Å². The van der Waals surface area contributed by atoms with Crippen molar-refractivity contribution in [2.45, 2.75) is 47.1 Å². The largest absolute Gasteiger partial charge is 0.491 e. The monoisotopic (exact) mass is 496 g/mol. The third-order valence-electron chi connectivity index (χ3n) is 5.93. The van der Waals surface area contributed by atoms with E-state index in [9.17, 15) is 9.59 Å². The van der Waals surface area contributed by atoms with Gasteiger partial charge in [-0.15, -0.1) is 0 Å². The van der Waals surface area contributed by atoms with E-state index in [1.165, 1.54) is 0 Å². The van der Waals surface area contributed by atoms with Gasteiger partial charge in [0.05, 0.1) is 6.10 Å². The van der Waals surface area contributed by atoms with Gasteiger partial charge in [-0.3, -0.25) is 14.9 Å². The van der Waals surface area contributed by atoms with Gasteiger partial charge in [-0.2, -0.15) is 0 Å². The van der Waals surface area contributed by atoms with Crippen LogP contribution in [0.1, 0.15) is 51.4 Å². The standard InChI is InChI=1S/C27H36N4O3S/c1-6-19(2)34-23-9-7-8-20(18-23)24(32)29-26(35)28-21-10-12-22(13-11-21)30-14-16-31(17-15-30)25(33)27(3,4)5/h7-13,18-19H,6,14-17H2,1-5H3,(H2,28,29,32,35)/t19-/m0/s1. The van der Waals surface area contributed by atoms with Crippen molar-refractivity contribution in [3.8, 4) is 5.75 Å². The molecule has 35 heavy (non-hydrogen) atoms. The molecule has 1 fully saturated rings. The number of thiocarbonyl (C=S) groups is 1. The lowest BCUT2D eigenvalue weighted by Gasteiger charge is -2.38. The Morgan fingerprint density at radius 1 is 1.06 bits per heavy atom. The lowest BCUT2D eigenvalue weighted by molar-refractivity contribution is -0.139. The molecule has 8 heteroatoms. The van der Waals surface area contributed by atoms with Crippen LogP contribution in [0.4, 0.5) is 11.4 Å². The van der Waals surface area contributed by atoms with E-state index >= 15 is 0 Å². The summed E-state index contributed by atoms with van der Waals surface area (Å²) in [6.45, 7) is 12.9. The average Bonchev–Trinajstić information content (AvgIpc) is 2.83. The number of hydrogen-bond acceptors (Lipinski definition) is 5. The Hall–Kier alpha value is -3.13. The summed E-state index contributed by atoms with van der Waals surface area (Å²) < 4.78 is 5.80. The molecule has 1 aliphatic heterocycles. The molecule has 188 valence electrons. The van der Waals surface area contributed by atoms with Crippen LogP contribution < -0.4 is 20.3 Å². The minimum atomic E-state index is -0.354.